The molecule has 1 aromatic carbocycles. The molecule has 0 unspecified atom stereocenters. The molecule has 2 amide bonds. The standard InChI is InChI=1S/C20H24F3N3O4S/c1-19(2,3)30-18(28)26(4)10-9-16-25-14(12-31-16)17(27)24-11-13-7-5-6-8-15(13)29-20(21,22)23/h5-8,12H,9-11H2,1-4H3,(H,24,27). The van der Waals surface area contributed by atoms with E-state index in [2.05, 4.69) is 15.0 Å². The van der Waals surface area contributed by atoms with Crippen LogP contribution in [-0.4, -0.2) is 47.4 Å². The lowest BCUT2D eigenvalue weighted by Crippen LogP contribution is -2.35. The van der Waals surface area contributed by atoms with E-state index in [4.69, 9.17) is 4.74 Å². The first kappa shape index (κ1) is 24.4. The molecular formula is C20H24F3N3O4S. The Morgan fingerprint density at radius 3 is 2.52 bits per heavy atom. The van der Waals surface area contributed by atoms with Crippen molar-refractivity contribution in [2.75, 3.05) is 13.6 Å². The van der Waals surface area contributed by atoms with Crippen LogP contribution in [0.4, 0.5) is 18.0 Å². The van der Waals surface area contributed by atoms with E-state index >= 15 is 0 Å². The lowest BCUT2D eigenvalue weighted by molar-refractivity contribution is -0.274. The van der Waals surface area contributed by atoms with Crippen molar-refractivity contribution in [3.05, 3.63) is 45.9 Å². The molecule has 2 rings (SSSR count). The predicted molar refractivity (Wildman–Crippen MR) is 109 cm³/mol. The summed E-state index contributed by atoms with van der Waals surface area (Å²) in [7, 11) is 1.61. The maximum Gasteiger partial charge on any atom is 0.573 e. The van der Waals surface area contributed by atoms with Gasteiger partial charge in [0.15, 0.2) is 0 Å². The summed E-state index contributed by atoms with van der Waals surface area (Å²) in [5, 5.41) is 4.73. The van der Waals surface area contributed by atoms with Crippen LogP contribution in [-0.2, 0) is 17.7 Å². The Morgan fingerprint density at radius 2 is 1.87 bits per heavy atom. The van der Waals surface area contributed by atoms with Gasteiger partial charge in [0, 0.05) is 37.5 Å². The second-order valence-corrected chi connectivity index (χ2v) is 8.56. The molecule has 31 heavy (non-hydrogen) atoms. The van der Waals surface area contributed by atoms with Gasteiger partial charge in [0.2, 0.25) is 0 Å². The number of amides is 2. The minimum atomic E-state index is -4.82. The van der Waals surface area contributed by atoms with Crippen molar-refractivity contribution < 1.29 is 32.2 Å². The van der Waals surface area contributed by atoms with E-state index in [9.17, 15) is 22.8 Å². The van der Waals surface area contributed by atoms with Gasteiger partial charge in [0.25, 0.3) is 5.91 Å². The number of halogens is 3. The number of rotatable bonds is 7. The molecule has 2 aromatic rings. The fourth-order valence-electron chi connectivity index (χ4n) is 2.36. The number of alkyl halides is 3. The number of carbonyl (C=O) groups excluding carboxylic acids is 2. The second kappa shape index (κ2) is 9.99. The maximum absolute atomic E-state index is 12.5. The topological polar surface area (TPSA) is 80.8 Å². The highest BCUT2D eigenvalue weighted by Gasteiger charge is 2.32. The Kier molecular flexibility index (Phi) is 7.88. The van der Waals surface area contributed by atoms with Gasteiger partial charge >= 0.3 is 12.5 Å². The highest BCUT2D eigenvalue weighted by atomic mass is 32.1. The van der Waals surface area contributed by atoms with Gasteiger partial charge in [-0.05, 0) is 26.8 Å². The highest BCUT2D eigenvalue weighted by molar-refractivity contribution is 7.09. The number of aromatic nitrogens is 1. The van der Waals surface area contributed by atoms with Gasteiger partial charge in [0.05, 0.1) is 5.01 Å². The third-order valence-electron chi connectivity index (χ3n) is 3.79. The molecule has 1 heterocycles. The molecule has 0 atom stereocenters. The Bertz CT molecular complexity index is 910. The van der Waals surface area contributed by atoms with Crippen LogP contribution >= 0.6 is 11.3 Å². The molecule has 0 aliphatic rings. The maximum atomic E-state index is 12.5. The van der Waals surface area contributed by atoms with Crippen molar-refractivity contribution in [2.45, 2.75) is 45.7 Å². The molecule has 170 valence electrons. The van der Waals surface area contributed by atoms with Gasteiger partial charge < -0.3 is 19.7 Å². The number of ether oxygens (including phenoxy) is 2. The van der Waals surface area contributed by atoms with Crippen LogP contribution in [0.5, 0.6) is 5.75 Å². The van der Waals surface area contributed by atoms with E-state index in [0.717, 1.165) is 0 Å². The quantitative estimate of drug-likeness (QED) is 0.665. The summed E-state index contributed by atoms with van der Waals surface area (Å²) in [6.07, 6.45) is -4.85. The van der Waals surface area contributed by atoms with Gasteiger partial charge in [-0.1, -0.05) is 18.2 Å². The van der Waals surface area contributed by atoms with Crippen LogP contribution in [0, 0.1) is 0 Å². The van der Waals surface area contributed by atoms with E-state index in [1.807, 2.05) is 0 Å². The first-order chi connectivity index (χ1) is 14.3. The number of benzene rings is 1. The number of likely N-dealkylation sites (N-methyl/N-ethyl adjacent to an activating group) is 1. The number of hydrogen-bond acceptors (Lipinski definition) is 6. The van der Waals surface area contributed by atoms with E-state index in [-0.39, 0.29) is 23.6 Å². The molecule has 1 aromatic heterocycles. The fraction of sp³-hybridized carbons (Fsp3) is 0.450. The number of nitrogens with zero attached hydrogens (tertiary/aromatic N) is 2. The molecule has 0 bridgehead atoms. The van der Waals surface area contributed by atoms with Crippen molar-refractivity contribution in [3.63, 3.8) is 0 Å². The minimum Gasteiger partial charge on any atom is -0.444 e. The highest BCUT2D eigenvalue weighted by Crippen LogP contribution is 2.26. The van der Waals surface area contributed by atoms with Crippen molar-refractivity contribution in [1.29, 1.82) is 0 Å². The van der Waals surface area contributed by atoms with Crippen molar-refractivity contribution in [2.24, 2.45) is 0 Å². The monoisotopic (exact) mass is 459 g/mol. The van der Waals surface area contributed by atoms with Crippen molar-refractivity contribution in [1.82, 2.24) is 15.2 Å². The largest absolute Gasteiger partial charge is 0.573 e. The van der Waals surface area contributed by atoms with Crippen LogP contribution in [0.15, 0.2) is 29.6 Å². The Hall–Kier alpha value is -2.82. The molecule has 0 radical (unpaired) electrons. The van der Waals surface area contributed by atoms with Gasteiger partial charge in [-0.15, -0.1) is 24.5 Å². The smallest absolute Gasteiger partial charge is 0.444 e. The lowest BCUT2D eigenvalue weighted by atomic mass is 10.2. The summed E-state index contributed by atoms with van der Waals surface area (Å²) in [4.78, 5) is 29.9. The molecule has 0 aliphatic carbocycles. The SMILES string of the molecule is CN(CCc1nc(C(=O)NCc2ccccc2OC(F)(F)F)cs1)C(=O)OC(C)(C)C. The van der Waals surface area contributed by atoms with Gasteiger partial charge in [0.1, 0.15) is 17.0 Å². The Balaban J connectivity index is 1.90. The number of para-hydroxylation sites is 1. The normalized spacial score (nSPS) is 11.7. The Morgan fingerprint density at radius 1 is 1.19 bits per heavy atom. The van der Waals surface area contributed by atoms with E-state index in [0.29, 0.717) is 18.0 Å². The van der Waals surface area contributed by atoms with Gasteiger partial charge in [-0.3, -0.25) is 4.79 Å². The third-order valence-corrected chi connectivity index (χ3v) is 4.70. The van der Waals surface area contributed by atoms with Gasteiger partial charge in [-0.2, -0.15) is 0 Å². The zero-order chi connectivity index (χ0) is 23.2. The predicted octanol–water partition coefficient (Wildman–Crippen LogP) is 4.38. The van der Waals surface area contributed by atoms with Crippen LogP contribution in [0.25, 0.3) is 0 Å². The minimum absolute atomic E-state index is 0.147. The van der Waals surface area contributed by atoms with E-state index < -0.39 is 24.0 Å². The van der Waals surface area contributed by atoms with Crippen LogP contribution in [0.1, 0.15) is 41.8 Å². The summed E-state index contributed by atoms with van der Waals surface area (Å²) in [5.74, 6) is -0.899. The third kappa shape index (κ3) is 8.44. The molecule has 0 fully saturated rings. The van der Waals surface area contributed by atoms with Crippen molar-refractivity contribution >= 4 is 23.3 Å². The zero-order valence-electron chi connectivity index (χ0n) is 17.6. The second-order valence-electron chi connectivity index (χ2n) is 7.62. The Labute approximate surface area is 182 Å². The first-order valence-corrected chi connectivity index (χ1v) is 10.2. The van der Waals surface area contributed by atoms with Crippen LogP contribution < -0.4 is 10.1 Å². The molecule has 0 aliphatic heterocycles. The molecule has 0 saturated heterocycles. The molecule has 1 N–H and O–H groups in total. The first-order valence-electron chi connectivity index (χ1n) is 9.34. The number of carbonyl (C=O) groups is 2. The average molecular weight is 459 g/mol. The number of hydrogen-bond donors (Lipinski definition) is 1. The fourth-order valence-corrected chi connectivity index (χ4v) is 3.13. The number of thiazole rings is 1. The van der Waals surface area contributed by atoms with Crippen LogP contribution in [0.2, 0.25) is 0 Å². The number of nitrogens with one attached hydrogen (secondary N) is 1. The molecule has 11 heteroatoms. The molecular weight excluding hydrogens is 435 g/mol. The summed E-state index contributed by atoms with van der Waals surface area (Å²) in [6, 6.07) is 5.57. The summed E-state index contributed by atoms with van der Waals surface area (Å²) in [5.41, 5.74) is -0.265. The average Bonchev–Trinajstić information content (AvgIpc) is 3.11. The summed E-state index contributed by atoms with van der Waals surface area (Å²) >= 11 is 1.25. The van der Waals surface area contributed by atoms with E-state index in [1.54, 1.807) is 39.3 Å². The lowest BCUT2D eigenvalue weighted by Gasteiger charge is -2.24. The van der Waals surface area contributed by atoms with E-state index in [1.165, 1.54) is 34.4 Å². The molecule has 7 nitrogen and oxygen atoms in total. The summed E-state index contributed by atoms with van der Waals surface area (Å²) in [6.45, 7) is 5.53. The summed E-state index contributed by atoms with van der Waals surface area (Å²) < 4.78 is 46.7. The molecule has 0 saturated carbocycles. The zero-order valence-corrected chi connectivity index (χ0v) is 18.4. The van der Waals surface area contributed by atoms with Gasteiger partial charge in [-0.25, -0.2) is 9.78 Å². The molecule has 0 spiro atoms. The van der Waals surface area contributed by atoms with Crippen LogP contribution in [0.3, 0.4) is 0 Å². The van der Waals surface area contributed by atoms with Crippen molar-refractivity contribution in [3.8, 4) is 5.75 Å².